The molecule has 1 aromatic carbocycles. The maximum atomic E-state index is 12.2. The fraction of sp³-hybridized carbons (Fsp3) is 0.357. The van der Waals surface area contributed by atoms with E-state index < -0.39 is 0 Å². The Hall–Kier alpha value is -1.97. The molecule has 4 nitrogen and oxygen atoms in total. The Bertz CT molecular complexity index is 650. The minimum absolute atomic E-state index is 0.138. The number of nitrogens with zero attached hydrogens (tertiary/aromatic N) is 2. The molecule has 0 aliphatic heterocycles. The zero-order valence-corrected chi connectivity index (χ0v) is 11.3. The molecule has 0 bridgehead atoms. The lowest BCUT2D eigenvalue weighted by Gasteiger charge is -2.13. The third-order valence-corrected chi connectivity index (χ3v) is 3.32. The van der Waals surface area contributed by atoms with Crippen LogP contribution in [0.2, 0.25) is 0 Å². The van der Waals surface area contributed by atoms with Crippen molar-refractivity contribution in [2.45, 2.75) is 34.2 Å². The summed E-state index contributed by atoms with van der Waals surface area (Å²) in [5, 5.41) is 0. The minimum atomic E-state index is -0.138. The number of nitrogens with two attached hydrogens (primary N) is 1. The van der Waals surface area contributed by atoms with Gasteiger partial charge in [-0.2, -0.15) is 0 Å². The molecule has 2 N–H and O–H groups in total. The molecule has 0 spiro atoms. The summed E-state index contributed by atoms with van der Waals surface area (Å²) in [6.45, 7) is 8.64. The van der Waals surface area contributed by atoms with Crippen molar-refractivity contribution in [3.05, 3.63) is 45.4 Å². The summed E-state index contributed by atoms with van der Waals surface area (Å²) >= 11 is 0. The van der Waals surface area contributed by atoms with E-state index in [0.717, 1.165) is 16.9 Å². The predicted octanol–water partition coefficient (Wildman–Crippen LogP) is 2.17. The summed E-state index contributed by atoms with van der Waals surface area (Å²) in [6.07, 6.45) is 0. The molecule has 0 amide bonds. The quantitative estimate of drug-likeness (QED) is 0.881. The van der Waals surface area contributed by atoms with Crippen LogP contribution in [-0.4, -0.2) is 9.36 Å². The summed E-state index contributed by atoms with van der Waals surface area (Å²) in [7, 11) is 0. The van der Waals surface area contributed by atoms with Crippen molar-refractivity contribution >= 4 is 5.69 Å². The number of nitrogen functional groups attached to an aromatic ring is 1. The molecule has 0 saturated carbocycles. The van der Waals surface area contributed by atoms with Crippen LogP contribution in [0.5, 0.6) is 0 Å². The van der Waals surface area contributed by atoms with Crippen molar-refractivity contribution in [1.82, 2.24) is 9.36 Å². The average molecular weight is 245 g/mol. The van der Waals surface area contributed by atoms with Gasteiger partial charge < -0.3 is 5.73 Å². The van der Waals surface area contributed by atoms with Gasteiger partial charge in [0.2, 0.25) is 0 Å². The molecule has 2 rings (SSSR count). The first-order valence-electron chi connectivity index (χ1n) is 6.12. The van der Waals surface area contributed by atoms with Crippen LogP contribution in [0.1, 0.15) is 23.7 Å². The predicted molar refractivity (Wildman–Crippen MR) is 74.3 cm³/mol. The number of hydrogen-bond donors (Lipinski definition) is 1. The van der Waals surface area contributed by atoms with Gasteiger partial charge in [0.15, 0.2) is 0 Å². The lowest BCUT2D eigenvalue weighted by Crippen LogP contribution is -2.22. The first-order chi connectivity index (χ1) is 8.47. The van der Waals surface area contributed by atoms with E-state index in [4.69, 9.17) is 5.73 Å². The number of aromatic nitrogens is 2. The molecule has 0 saturated heterocycles. The molecule has 0 aliphatic rings. The Morgan fingerprint density at radius 2 is 1.89 bits per heavy atom. The molecular weight excluding hydrogens is 226 g/mol. The standard InChI is InChI=1S/C14H19N3O/c1-5-16-11(4)13(15)14(18)17(16)12-7-6-9(2)8-10(12)3/h6-8H,5,15H2,1-4H3. The molecule has 0 fully saturated rings. The van der Waals surface area contributed by atoms with Crippen molar-refractivity contribution < 1.29 is 0 Å². The molecule has 18 heavy (non-hydrogen) atoms. The van der Waals surface area contributed by atoms with E-state index >= 15 is 0 Å². The summed E-state index contributed by atoms with van der Waals surface area (Å²) < 4.78 is 3.58. The Labute approximate surface area is 107 Å². The molecule has 4 heteroatoms. The zero-order chi connectivity index (χ0) is 13.4. The third-order valence-electron chi connectivity index (χ3n) is 3.32. The van der Waals surface area contributed by atoms with Gasteiger partial charge >= 0.3 is 0 Å². The summed E-state index contributed by atoms with van der Waals surface area (Å²) in [5.41, 5.74) is 10.0. The van der Waals surface area contributed by atoms with E-state index in [0.29, 0.717) is 12.2 Å². The average Bonchev–Trinajstić information content (AvgIpc) is 2.54. The Morgan fingerprint density at radius 3 is 2.44 bits per heavy atom. The summed E-state index contributed by atoms with van der Waals surface area (Å²) in [4.78, 5) is 12.2. The van der Waals surface area contributed by atoms with Gasteiger partial charge in [0, 0.05) is 6.54 Å². The van der Waals surface area contributed by atoms with Crippen LogP contribution in [0.3, 0.4) is 0 Å². The second-order valence-electron chi connectivity index (χ2n) is 4.62. The highest BCUT2D eigenvalue weighted by Gasteiger charge is 2.15. The van der Waals surface area contributed by atoms with Crippen molar-refractivity contribution in [2.24, 2.45) is 0 Å². The Morgan fingerprint density at radius 1 is 1.22 bits per heavy atom. The van der Waals surface area contributed by atoms with Gasteiger partial charge in [-0.05, 0) is 39.3 Å². The van der Waals surface area contributed by atoms with Crippen molar-refractivity contribution in [1.29, 1.82) is 0 Å². The first-order valence-corrected chi connectivity index (χ1v) is 6.12. The molecular formula is C14H19N3O. The van der Waals surface area contributed by atoms with Gasteiger partial charge in [-0.25, -0.2) is 4.68 Å². The minimum Gasteiger partial charge on any atom is -0.393 e. The summed E-state index contributed by atoms with van der Waals surface area (Å²) in [5.74, 6) is 0. The van der Waals surface area contributed by atoms with Crippen molar-refractivity contribution in [3.8, 4) is 5.69 Å². The van der Waals surface area contributed by atoms with Gasteiger partial charge in [-0.3, -0.25) is 9.48 Å². The normalized spacial score (nSPS) is 10.9. The fourth-order valence-electron chi connectivity index (χ4n) is 2.33. The highest BCUT2D eigenvalue weighted by atomic mass is 16.1. The molecule has 2 aromatic rings. The Kier molecular flexibility index (Phi) is 3.03. The topological polar surface area (TPSA) is 52.9 Å². The van der Waals surface area contributed by atoms with Gasteiger partial charge in [-0.15, -0.1) is 0 Å². The number of benzene rings is 1. The fourth-order valence-corrected chi connectivity index (χ4v) is 2.33. The highest BCUT2D eigenvalue weighted by Crippen LogP contribution is 2.17. The highest BCUT2D eigenvalue weighted by molar-refractivity contribution is 5.48. The van der Waals surface area contributed by atoms with E-state index in [1.165, 1.54) is 5.56 Å². The van der Waals surface area contributed by atoms with E-state index in [2.05, 4.69) is 6.07 Å². The molecule has 96 valence electrons. The van der Waals surface area contributed by atoms with Crippen LogP contribution in [-0.2, 0) is 6.54 Å². The molecule has 0 atom stereocenters. The SMILES string of the molecule is CCn1c(C)c(N)c(=O)n1-c1ccc(C)cc1C. The van der Waals surface area contributed by atoms with Gasteiger partial charge in [0.25, 0.3) is 5.56 Å². The molecule has 1 aromatic heterocycles. The lowest BCUT2D eigenvalue weighted by atomic mass is 10.1. The van der Waals surface area contributed by atoms with Crippen LogP contribution < -0.4 is 11.3 Å². The smallest absolute Gasteiger partial charge is 0.294 e. The van der Waals surface area contributed by atoms with Crippen molar-refractivity contribution in [2.75, 3.05) is 5.73 Å². The Balaban J connectivity index is 2.79. The second-order valence-corrected chi connectivity index (χ2v) is 4.62. The lowest BCUT2D eigenvalue weighted by molar-refractivity contribution is 0.558. The third kappa shape index (κ3) is 1.74. The second kappa shape index (κ2) is 4.37. The monoisotopic (exact) mass is 245 g/mol. The van der Waals surface area contributed by atoms with Gasteiger partial charge in [0.1, 0.15) is 5.69 Å². The zero-order valence-electron chi connectivity index (χ0n) is 11.3. The number of aryl methyl sites for hydroxylation is 2. The van der Waals surface area contributed by atoms with Gasteiger partial charge in [-0.1, -0.05) is 17.7 Å². The first kappa shape index (κ1) is 12.5. The van der Waals surface area contributed by atoms with Crippen molar-refractivity contribution in [3.63, 3.8) is 0 Å². The van der Waals surface area contributed by atoms with Crippen LogP contribution >= 0.6 is 0 Å². The van der Waals surface area contributed by atoms with Gasteiger partial charge in [0.05, 0.1) is 11.4 Å². The molecule has 0 radical (unpaired) electrons. The van der Waals surface area contributed by atoms with Crippen LogP contribution in [0, 0.1) is 20.8 Å². The van der Waals surface area contributed by atoms with E-state index in [1.807, 2.05) is 44.5 Å². The number of hydrogen-bond acceptors (Lipinski definition) is 2. The molecule has 0 unspecified atom stereocenters. The van der Waals surface area contributed by atoms with Crippen LogP contribution in [0.25, 0.3) is 5.69 Å². The number of anilines is 1. The maximum absolute atomic E-state index is 12.2. The molecule has 1 heterocycles. The maximum Gasteiger partial charge on any atom is 0.294 e. The van der Waals surface area contributed by atoms with E-state index in [9.17, 15) is 4.79 Å². The van der Waals surface area contributed by atoms with Crippen LogP contribution in [0.4, 0.5) is 5.69 Å². The summed E-state index contributed by atoms with van der Waals surface area (Å²) in [6, 6.07) is 6.05. The number of rotatable bonds is 2. The largest absolute Gasteiger partial charge is 0.393 e. The van der Waals surface area contributed by atoms with Crippen LogP contribution in [0.15, 0.2) is 23.0 Å². The van der Waals surface area contributed by atoms with E-state index in [1.54, 1.807) is 4.68 Å². The molecule has 0 aliphatic carbocycles. The van der Waals surface area contributed by atoms with E-state index in [-0.39, 0.29) is 5.56 Å².